The molecule has 0 aromatic rings. The molecule has 0 aromatic carbocycles. The van der Waals surface area contributed by atoms with Gasteiger partial charge < -0.3 is 5.32 Å². The topological polar surface area (TPSA) is 12.0 Å². The maximum Gasteiger partial charge on any atom is 0.00670 e. The Hall–Kier alpha value is -0.0400. The molecule has 0 spiro atoms. The second-order valence-corrected chi connectivity index (χ2v) is 6.17. The van der Waals surface area contributed by atoms with Gasteiger partial charge in [-0.1, -0.05) is 33.6 Å². The van der Waals surface area contributed by atoms with Gasteiger partial charge in [-0.15, -0.1) is 0 Å². The van der Waals surface area contributed by atoms with Crippen molar-refractivity contribution in [2.45, 2.75) is 72.3 Å². The van der Waals surface area contributed by atoms with Gasteiger partial charge in [0.1, 0.15) is 0 Å². The van der Waals surface area contributed by atoms with E-state index >= 15 is 0 Å². The SMILES string of the molecule is CCCNC(C)C1CCCC(CC(C)C)C1. The fourth-order valence-electron chi connectivity index (χ4n) is 3.21. The van der Waals surface area contributed by atoms with Gasteiger partial charge in [-0.3, -0.25) is 0 Å². The molecule has 16 heavy (non-hydrogen) atoms. The van der Waals surface area contributed by atoms with E-state index < -0.39 is 0 Å². The van der Waals surface area contributed by atoms with Crippen molar-refractivity contribution in [1.29, 1.82) is 0 Å². The maximum atomic E-state index is 3.68. The zero-order chi connectivity index (χ0) is 12.0. The minimum absolute atomic E-state index is 0.731. The molecule has 0 aliphatic heterocycles. The van der Waals surface area contributed by atoms with Crippen LogP contribution in [0.1, 0.15) is 66.2 Å². The Morgan fingerprint density at radius 2 is 1.94 bits per heavy atom. The molecule has 0 saturated heterocycles. The minimum atomic E-state index is 0.731. The van der Waals surface area contributed by atoms with Crippen LogP contribution in [0.2, 0.25) is 0 Å². The number of hydrogen-bond donors (Lipinski definition) is 1. The smallest absolute Gasteiger partial charge is 0.00670 e. The fourth-order valence-corrected chi connectivity index (χ4v) is 3.21. The summed E-state index contributed by atoms with van der Waals surface area (Å²) in [6, 6.07) is 0.731. The van der Waals surface area contributed by atoms with Crippen molar-refractivity contribution in [3.63, 3.8) is 0 Å². The molecule has 0 aromatic heterocycles. The molecule has 1 nitrogen and oxygen atoms in total. The van der Waals surface area contributed by atoms with Gasteiger partial charge in [0, 0.05) is 6.04 Å². The van der Waals surface area contributed by atoms with Crippen molar-refractivity contribution in [3.8, 4) is 0 Å². The monoisotopic (exact) mass is 225 g/mol. The Labute approximate surface area is 102 Å². The molecule has 3 unspecified atom stereocenters. The van der Waals surface area contributed by atoms with Gasteiger partial charge in [0.15, 0.2) is 0 Å². The average Bonchev–Trinajstić information content (AvgIpc) is 2.25. The van der Waals surface area contributed by atoms with Gasteiger partial charge in [0.25, 0.3) is 0 Å². The first-order valence-electron chi connectivity index (χ1n) is 7.36. The first-order chi connectivity index (χ1) is 7.63. The summed E-state index contributed by atoms with van der Waals surface area (Å²) < 4.78 is 0. The number of nitrogens with one attached hydrogen (secondary N) is 1. The molecule has 0 amide bonds. The highest BCUT2D eigenvalue weighted by Crippen LogP contribution is 2.34. The summed E-state index contributed by atoms with van der Waals surface area (Å²) in [5.74, 6) is 2.82. The Balaban J connectivity index is 2.31. The molecular weight excluding hydrogens is 194 g/mol. The van der Waals surface area contributed by atoms with E-state index in [-0.39, 0.29) is 0 Å². The molecule has 3 atom stereocenters. The minimum Gasteiger partial charge on any atom is -0.314 e. The van der Waals surface area contributed by atoms with E-state index in [0.29, 0.717) is 0 Å². The van der Waals surface area contributed by atoms with Crippen molar-refractivity contribution in [1.82, 2.24) is 5.32 Å². The summed E-state index contributed by atoms with van der Waals surface area (Å²) in [4.78, 5) is 0. The Morgan fingerprint density at radius 3 is 2.56 bits per heavy atom. The zero-order valence-electron chi connectivity index (χ0n) is 11.8. The second kappa shape index (κ2) is 7.32. The number of rotatable bonds is 6. The predicted molar refractivity (Wildman–Crippen MR) is 72.7 cm³/mol. The Morgan fingerprint density at radius 1 is 1.19 bits per heavy atom. The molecule has 1 aliphatic rings. The third-order valence-electron chi connectivity index (χ3n) is 4.05. The molecule has 1 aliphatic carbocycles. The molecule has 0 heterocycles. The summed E-state index contributed by atoms with van der Waals surface area (Å²) in [6.07, 6.45) is 8.56. The third kappa shape index (κ3) is 4.86. The first kappa shape index (κ1) is 14.0. The van der Waals surface area contributed by atoms with E-state index in [0.717, 1.165) is 23.8 Å². The molecule has 1 rings (SSSR count). The molecule has 0 bridgehead atoms. The van der Waals surface area contributed by atoms with E-state index in [9.17, 15) is 0 Å². The lowest BCUT2D eigenvalue weighted by molar-refractivity contribution is 0.200. The van der Waals surface area contributed by atoms with E-state index in [1.807, 2.05) is 0 Å². The van der Waals surface area contributed by atoms with Crippen molar-refractivity contribution in [2.24, 2.45) is 17.8 Å². The summed E-state index contributed by atoms with van der Waals surface area (Å²) in [5, 5.41) is 3.68. The van der Waals surface area contributed by atoms with E-state index in [4.69, 9.17) is 0 Å². The van der Waals surface area contributed by atoms with E-state index in [1.165, 1.54) is 45.1 Å². The van der Waals surface area contributed by atoms with E-state index in [2.05, 4.69) is 33.0 Å². The third-order valence-corrected chi connectivity index (χ3v) is 4.05. The van der Waals surface area contributed by atoms with Crippen LogP contribution in [0.4, 0.5) is 0 Å². The normalized spacial score (nSPS) is 28.3. The Bertz CT molecular complexity index is 176. The highest BCUT2D eigenvalue weighted by Gasteiger charge is 2.25. The molecule has 0 radical (unpaired) electrons. The maximum absolute atomic E-state index is 3.68. The molecular formula is C15H31N. The van der Waals surface area contributed by atoms with Gasteiger partial charge in [-0.05, 0) is 56.9 Å². The van der Waals surface area contributed by atoms with Crippen LogP contribution in [0.25, 0.3) is 0 Å². The predicted octanol–water partition coefficient (Wildman–Crippen LogP) is 4.23. The largest absolute Gasteiger partial charge is 0.314 e. The lowest BCUT2D eigenvalue weighted by atomic mass is 9.75. The zero-order valence-corrected chi connectivity index (χ0v) is 11.8. The van der Waals surface area contributed by atoms with Gasteiger partial charge in [-0.2, -0.15) is 0 Å². The summed E-state index contributed by atoms with van der Waals surface area (Å²) in [5.41, 5.74) is 0. The highest BCUT2D eigenvalue weighted by atomic mass is 14.9. The van der Waals surface area contributed by atoms with Gasteiger partial charge in [0.2, 0.25) is 0 Å². The lowest BCUT2D eigenvalue weighted by Gasteiger charge is -2.34. The molecule has 96 valence electrons. The lowest BCUT2D eigenvalue weighted by Crippen LogP contribution is -2.36. The molecule has 1 heteroatoms. The van der Waals surface area contributed by atoms with Gasteiger partial charge in [-0.25, -0.2) is 0 Å². The van der Waals surface area contributed by atoms with Crippen LogP contribution in [0.3, 0.4) is 0 Å². The standard InChI is InChI=1S/C15H31N/c1-5-9-16-13(4)15-8-6-7-14(11-15)10-12(2)3/h12-16H,5-11H2,1-4H3. The molecule has 1 N–H and O–H groups in total. The second-order valence-electron chi connectivity index (χ2n) is 6.17. The highest BCUT2D eigenvalue weighted by molar-refractivity contribution is 4.80. The average molecular weight is 225 g/mol. The van der Waals surface area contributed by atoms with E-state index in [1.54, 1.807) is 0 Å². The molecule has 1 fully saturated rings. The van der Waals surface area contributed by atoms with Crippen LogP contribution in [-0.4, -0.2) is 12.6 Å². The Kier molecular flexibility index (Phi) is 6.41. The van der Waals surface area contributed by atoms with Crippen molar-refractivity contribution in [3.05, 3.63) is 0 Å². The van der Waals surface area contributed by atoms with Crippen LogP contribution in [0.15, 0.2) is 0 Å². The molecule has 1 saturated carbocycles. The van der Waals surface area contributed by atoms with Crippen LogP contribution in [0.5, 0.6) is 0 Å². The first-order valence-corrected chi connectivity index (χ1v) is 7.36. The summed E-state index contributed by atoms with van der Waals surface area (Å²) in [7, 11) is 0. The van der Waals surface area contributed by atoms with Crippen LogP contribution in [0, 0.1) is 17.8 Å². The van der Waals surface area contributed by atoms with Crippen molar-refractivity contribution in [2.75, 3.05) is 6.54 Å². The fraction of sp³-hybridized carbons (Fsp3) is 1.00. The number of hydrogen-bond acceptors (Lipinski definition) is 1. The van der Waals surface area contributed by atoms with Gasteiger partial charge in [0.05, 0.1) is 0 Å². The summed E-state index contributed by atoms with van der Waals surface area (Å²) >= 11 is 0. The van der Waals surface area contributed by atoms with Crippen LogP contribution < -0.4 is 5.32 Å². The quantitative estimate of drug-likeness (QED) is 0.713. The van der Waals surface area contributed by atoms with Gasteiger partial charge >= 0.3 is 0 Å². The van der Waals surface area contributed by atoms with Crippen molar-refractivity contribution >= 4 is 0 Å². The summed E-state index contributed by atoms with van der Waals surface area (Å²) in [6.45, 7) is 10.6. The van der Waals surface area contributed by atoms with Crippen molar-refractivity contribution < 1.29 is 0 Å². The van der Waals surface area contributed by atoms with Crippen LogP contribution >= 0.6 is 0 Å². The van der Waals surface area contributed by atoms with Crippen LogP contribution in [-0.2, 0) is 0 Å².